The lowest BCUT2D eigenvalue weighted by Crippen LogP contribution is -2.41. The molecule has 0 aromatic heterocycles. The zero-order valence-corrected chi connectivity index (χ0v) is 80.9. The fourth-order valence-corrected chi connectivity index (χ4v) is 23.9. The van der Waals surface area contributed by atoms with Gasteiger partial charge in [0.05, 0.1) is 28.4 Å². The molecule has 7 aromatic carbocycles. The Kier molecular flexibility index (Phi) is 38.5. The summed E-state index contributed by atoms with van der Waals surface area (Å²) < 4.78 is 246. The van der Waals surface area contributed by atoms with Crippen LogP contribution < -0.4 is 18.9 Å². The summed E-state index contributed by atoms with van der Waals surface area (Å²) in [5.41, 5.74) is 4.09. The van der Waals surface area contributed by atoms with Crippen molar-refractivity contribution in [2.75, 3.05) is 28.4 Å². The number of ether oxygens (including phenoxy) is 4. The molecule has 0 saturated heterocycles. The predicted molar refractivity (Wildman–Crippen MR) is 520 cm³/mol. The molecule has 134 heavy (non-hydrogen) atoms. The van der Waals surface area contributed by atoms with Gasteiger partial charge < -0.3 is 18.9 Å². The molecule has 8 saturated carbocycles. The Bertz CT molecular complexity index is 5070. The monoisotopic (exact) mass is 1900 g/mol. The Labute approximate surface area is 797 Å². The van der Waals surface area contributed by atoms with E-state index in [9.17, 15) is 70.2 Å². The van der Waals surface area contributed by atoms with Crippen LogP contribution in [0.25, 0.3) is 22.3 Å². The molecule has 4 nitrogen and oxygen atoms in total. The van der Waals surface area contributed by atoms with Gasteiger partial charge in [0.25, 0.3) is 0 Å². The minimum absolute atomic E-state index is 0. The molecule has 0 heterocycles. The predicted octanol–water partition coefficient (Wildman–Crippen LogP) is 36.8. The van der Waals surface area contributed by atoms with Crippen LogP contribution in [0.15, 0.2) is 97.1 Å². The normalized spacial score (nSPS) is 28.8. The Balaban J connectivity index is 0.000000296. The van der Waals surface area contributed by atoms with Crippen LogP contribution in [0, 0.1) is 178 Å². The molecule has 0 radical (unpaired) electrons. The van der Waals surface area contributed by atoms with Crippen LogP contribution in [0.3, 0.4) is 0 Å². The van der Waals surface area contributed by atoms with E-state index in [-0.39, 0.29) is 84.8 Å². The number of allylic oxidation sites excluding steroid dienone is 4. The number of methoxy groups -OCH3 is 4. The van der Waals surface area contributed by atoms with Crippen molar-refractivity contribution in [3.05, 3.63) is 223 Å². The van der Waals surface area contributed by atoms with Gasteiger partial charge in [-0.05, 0) is 362 Å². The van der Waals surface area contributed by atoms with Gasteiger partial charge in [0.1, 0.15) is 12.3 Å². The number of aryl methyl sites for hydroxylation is 2. The van der Waals surface area contributed by atoms with Gasteiger partial charge in [-0.15, -0.1) is 0 Å². The van der Waals surface area contributed by atoms with E-state index in [1.165, 1.54) is 174 Å². The van der Waals surface area contributed by atoms with Crippen LogP contribution in [-0.2, 0) is 0 Å². The van der Waals surface area contributed by atoms with E-state index in [0.29, 0.717) is 64.0 Å². The largest absolute Gasteiger partial charge is 0.494 e. The average Bonchev–Trinajstić information content (AvgIpc) is 0.779. The summed E-state index contributed by atoms with van der Waals surface area (Å²) in [5.74, 6) is -4.13. The highest BCUT2D eigenvalue weighted by Gasteiger charge is 2.46. The van der Waals surface area contributed by atoms with E-state index in [0.717, 1.165) is 193 Å². The average molecular weight is 1900 g/mol. The second kappa shape index (κ2) is 49.1. The van der Waals surface area contributed by atoms with Crippen LogP contribution in [0.4, 0.5) is 70.2 Å². The zero-order chi connectivity index (χ0) is 96.5. The molecule has 6 unspecified atom stereocenters. The Morgan fingerprint density at radius 2 is 0.507 bits per heavy atom. The summed E-state index contributed by atoms with van der Waals surface area (Å²) in [4.78, 5) is 0. The van der Waals surface area contributed by atoms with Gasteiger partial charge in [0, 0.05) is 38.2 Å². The lowest BCUT2D eigenvalue weighted by Gasteiger charge is -2.41. The van der Waals surface area contributed by atoms with E-state index in [1.807, 2.05) is 6.08 Å². The summed E-state index contributed by atoms with van der Waals surface area (Å²) in [6, 6.07) is 21.2. The first kappa shape index (κ1) is 105. The van der Waals surface area contributed by atoms with Crippen molar-refractivity contribution in [2.45, 2.75) is 323 Å². The minimum Gasteiger partial charge on any atom is -0.494 e. The summed E-state index contributed by atoms with van der Waals surface area (Å²) >= 11 is 0. The highest BCUT2D eigenvalue weighted by Crippen LogP contribution is 2.52. The van der Waals surface area contributed by atoms with Crippen LogP contribution >= 0.6 is 0 Å². The first-order valence-electron chi connectivity index (χ1n) is 50.3. The van der Waals surface area contributed by atoms with Crippen molar-refractivity contribution in [3.63, 3.8) is 0 Å². The third-order valence-corrected chi connectivity index (χ3v) is 33.0. The Hall–Kier alpha value is -7.90. The molecule has 17 rings (SSSR count). The minimum atomic E-state index is -1.79. The molecule has 0 aliphatic heterocycles. The molecule has 20 heteroatoms. The SMILES string of the molecule is COc1ccc(C2=CCC(C)CC2)c(F)c1F.COc1ccc(C2=CCC(C3CCC(C)CC3)CC2)c(F)c1F.COc1ccc(C2CCC(C3CCC(C)CC3)C(F)C2F)c(F)c1F.COc1ccc(C2CCC(C3CCC(C)CC3)CC2)c(F)c1F.Cc1ccc(-c2ccc(C3CCC(C)CC3)c(F)c2F)c(F)c1F.Cc1ccc(C2CCC(C3CCC(C)CC3)CC2)c(F)c1F.[HH].[HH].[HH].[HH].[HH].[HH].[HH]. The molecule has 0 amide bonds. The fourth-order valence-electron chi connectivity index (χ4n) is 23.9. The van der Waals surface area contributed by atoms with Crippen molar-refractivity contribution in [3.8, 4) is 34.1 Å². The van der Waals surface area contributed by atoms with Gasteiger partial charge in [0.2, 0.25) is 23.3 Å². The second-order valence-electron chi connectivity index (χ2n) is 41.7. The molecule has 0 N–H and O–H groups in total. The van der Waals surface area contributed by atoms with E-state index >= 15 is 0 Å². The first-order chi connectivity index (χ1) is 64.2. The standard InChI is InChI=1S/C20H26F4O.C20H20F4.C20H28F2O.C20H26F2O.C20H28F2.C14H16F2O.7H2/c1-11-3-5-12(6-4-11)13-7-8-14(18(22)17(13)21)15-9-10-16(25-2)20(24)19(15)23;1-11-3-6-13(7-4-11)14-9-10-16(20(24)18(14)22)15-8-5-12(2)17(21)19(15)23;2*1-13-3-5-14(6-4-13)15-7-9-16(10-8-15)17-11-12-18(23-2)20(22)19(17)21;1-13-3-6-15(7-4-13)16-8-10-17(11-9-16)18-12-5-14(2)19(21)20(18)22;1-9-3-5-10(6-4-9)11-7-8-12(17-2)14(16)13(11)15;;;;;;;/h9-14,17-18H,3-8H2,1-2H3;5,8-11,13H,3-4,6-7H2,1-2H3;11-16H,3-10H2,1-2H3;9,11-15H,3-8,10H2,1-2H3;5,12-13,15-17H,3-4,6-11H2,1-2H3;5,7-9H,3-4,6H2,1-2H3;7*1H. The van der Waals surface area contributed by atoms with Crippen LogP contribution in [0.2, 0.25) is 0 Å². The number of benzene rings is 7. The molecule has 6 atom stereocenters. The topological polar surface area (TPSA) is 36.9 Å². The molecule has 10 aliphatic rings. The van der Waals surface area contributed by atoms with Crippen molar-refractivity contribution in [2.24, 2.45) is 82.9 Å². The van der Waals surface area contributed by atoms with Gasteiger partial charge in [-0.2, -0.15) is 17.6 Å². The molecular weight excluding hydrogens is 1740 g/mol. The fraction of sp³-hybridized carbons (Fsp3) is 0.596. The van der Waals surface area contributed by atoms with Gasteiger partial charge >= 0.3 is 0 Å². The molecule has 0 spiro atoms. The summed E-state index contributed by atoms with van der Waals surface area (Å²) in [6.45, 7) is 16.6. The smallest absolute Gasteiger partial charge is 0.201 e. The van der Waals surface area contributed by atoms with Crippen LogP contribution in [-0.4, -0.2) is 40.8 Å². The maximum atomic E-state index is 14.8. The highest BCUT2D eigenvalue weighted by molar-refractivity contribution is 5.69. The summed E-state index contributed by atoms with van der Waals surface area (Å²) in [7, 11) is 5.29. The van der Waals surface area contributed by atoms with E-state index in [1.54, 1.807) is 43.3 Å². The molecular formula is C114H158F16O4. The van der Waals surface area contributed by atoms with Crippen LogP contribution in [0.1, 0.15) is 351 Å². The molecule has 7 aromatic rings. The number of hydrogen-bond acceptors (Lipinski definition) is 4. The number of alkyl halides is 2. The Morgan fingerprint density at radius 1 is 0.231 bits per heavy atom. The Morgan fingerprint density at radius 3 is 0.903 bits per heavy atom. The molecule has 0 bridgehead atoms. The van der Waals surface area contributed by atoms with Gasteiger partial charge in [-0.1, -0.05) is 166 Å². The lowest BCUT2D eigenvalue weighted by molar-refractivity contribution is 0.00877. The quantitative estimate of drug-likeness (QED) is 0.0959. The van der Waals surface area contributed by atoms with E-state index in [4.69, 9.17) is 18.9 Å². The third-order valence-electron chi connectivity index (χ3n) is 33.0. The van der Waals surface area contributed by atoms with Crippen molar-refractivity contribution < 1.29 is 99.2 Å². The van der Waals surface area contributed by atoms with E-state index < -0.39 is 99.7 Å². The molecule has 10 aliphatic carbocycles. The number of halogens is 16. The maximum absolute atomic E-state index is 14.8. The first-order valence-corrected chi connectivity index (χ1v) is 50.3. The zero-order valence-electron chi connectivity index (χ0n) is 80.9. The van der Waals surface area contributed by atoms with Crippen molar-refractivity contribution in [1.82, 2.24) is 0 Å². The maximum Gasteiger partial charge on any atom is 0.201 e. The van der Waals surface area contributed by atoms with Gasteiger partial charge in [-0.3, -0.25) is 0 Å². The van der Waals surface area contributed by atoms with Crippen molar-refractivity contribution >= 4 is 11.1 Å². The lowest BCUT2D eigenvalue weighted by atomic mass is 9.67. The van der Waals surface area contributed by atoms with Gasteiger partial charge in [0.15, 0.2) is 81.2 Å². The third kappa shape index (κ3) is 25.8. The highest BCUT2D eigenvalue weighted by atomic mass is 19.2. The van der Waals surface area contributed by atoms with Gasteiger partial charge in [-0.25, -0.2) is 52.7 Å². The summed E-state index contributed by atoms with van der Waals surface area (Å²) in [6.07, 6.45) is 40.0. The molecule has 8 fully saturated rings. The number of rotatable bonds is 15. The number of hydrogen-bond donors (Lipinski definition) is 0. The molecule has 750 valence electrons. The van der Waals surface area contributed by atoms with E-state index in [2.05, 4.69) is 47.6 Å². The van der Waals surface area contributed by atoms with Crippen molar-refractivity contribution in [1.29, 1.82) is 0 Å². The van der Waals surface area contributed by atoms with Crippen LogP contribution in [0.5, 0.6) is 23.0 Å². The second-order valence-corrected chi connectivity index (χ2v) is 41.7. The summed E-state index contributed by atoms with van der Waals surface area (Å²) in [5, 5.41) is 0.